The first-order valence-corrected chi connectivity index (χ1v) is 5.43. The Balaban J connectivity index is 2.30. The molecule has 0 aromatic carbocycles. The molecule has 0 fully saturated rings. The third kappa shape index (κ3) is 2.14. The van der Waals surface area contributed by atoms with Crippen LogP contribution in [0.1, 0.15) is 24.4 Å². The van der Waals surface area contributed by atoms with Crippen molar-refractivity contribution in [3.05, 3.63) is 35.9 Å². The summed E-state index contributed by atoms with van der Waals surface area (Å²) in [6.07, 6.45) is 3.89. The lowest BCUT2D eigenvalue weighted by Gasteiger charge is -2.12. The molecular weight excluding hydrogens is 202 g/mol. The van der Waals surface area contributed by atoms with Crippen molar-refractivity contribution in [1.29, 1.82) is 0 Å². The van der Waals surface area contributed by atoms with Crippen LogP contribution in [0.3, 0.4) is 0 Å². The van der Waals surface area contributed by atoms with E-state index in [0.29, 0.717) is 0 Å². The highest BCUT2D eigenvalue weighted by Crippen LogP contribution is 2.17. The summed E-state index contributed by atoms with van der Waals surface area (Å²) in [7, 11) is 3.84. The summed E-state index contributed by atoms with van der Waals surface area (Å²) in [5.74, 6) is 0. The summed E-state index contributed by atoms with van der Waals surface area (Å²) in [5.41, 5.74) is 2.01. The summed E-state index contributed by atoms with van der Waals surface area (Å²) in [4.78, 5) is 0. The number of rotatable bonds is 4. The molecule has 86 valence electrons. The van der Waals surface area contributed by atoms with Crippen molar-refractivity contribution in [2.45, 2.75) is 13.0 Å². The molecule has 5 heteroatoms. The van der Waals surface area contributed by atoms with Crippen LogP contribution in [-0.2, 0) is 14.1 Å². The van der Waals surface area contributed by atoms with E-state index in [1.165, 1.54) is 0 Å². The summed E-state index contributed by atoms with van der Waals surface area (Å²) in [6.45, 7) is 2.97. The summed E-state index contributed by atoms with van der Waals surface area (Å²) < 4.78 is 3.62. The predicted octanol–water partition coefficient (Wildman–Crippen LogP) is 0.852. The van der Waals surface area contributed by atoms with Gasteiger partial charge in [-0.2, -0.15) is 10.2 Å². The van der Waals surface area contributed by atoms with Gasteiger partial charge in [0.05, 0.1) is 17.4 Å². The van der Waals surface area contributed by atoms with E-state index >= 15 is 0 Å². The van der Waals surface area contributed by atoms with E-state index in [2.05, 4.69) is 22.4 Å². The van der Waals surface area contributed by atoms with E-state index in [1.54, 1.807) is 0 Å². The average Bonchev–Trinajstić information content (AvgIpc) is 2.84. The maximum atomic E-state index is 4.42. The number of nitrogens with one attached hydrogen (secondary N) is 1. The van der Waals surface area contributed by atoms with Crippen molar-refractivity contribution in [2.75, 3.05) is 6.54 Å². The van der Waals surface area contributed by atoms with Crippen LogP contribution in [0.2, 0.25) is 0 Å². The highest BCUT2D eigenvalue weighted by Gasteiger charge is 2.17. The average molecular weight is 219 g/mol. The monoisotopic (exact) mass is 219 g/mol. The Labute approximate surface area is 95.1 Å². The molecule has 0 amide bonds. The maximum absolute atomic E-state index is 4.42. The normalized spacial score (nSPS) is 11.2. The fourth-order valence-electron chi connectivity index (χ4n) is 1.74. The fourth-order valence-corrected chi connectivity index (χ4v) is 1.74. The molecule has 0 saturated carbocycles. The van der Waals surface area contributed by atoms with E-state index < -0.39 is 0 Å². The van der Waals surface area contributed by atoms with Crippen LogP contribution in [0.4, 0.5) is 0 Å². The van der Waals surface area contributed by atoms with Gasteiger partial charge in [0, 0.05) is 26.5 Å². The summed E-state index contributed by atoms with van der Waals surface area (Å²) in [6, 6.07) is 4.11. The van der Waals surface area contributed by atoms with Crippen LogP contribution in [-0.4, -0.2) is 26.1 Å². The molecule has 5 nitrogen and oxygen atoms in total. The van der Waals surface area contributed by atoms with Crippen LogP contribution in [0.25, 0.3) is 0 Å². The quantitative estimate of drug-likeness (QED) is 0.829. The highest BCUT2D eigenvalue weighted by atomic mass is 15.3. The van der Waals surface area contributed by atoms with Crippen molar-refractivity contribution in [3.63, 3.8) is 0 Å². The standard InChI is InChI=1S/C11H17N5/c1-4-12-11(9-5-7-15(2)13-9)10-6-8-16(3)14-10/h5-8,11-12H,4H2,1-3H3. The Morgan fingerprint density at radius 2 is 1.62 bits per heavy atom. The molecule has 2 aromatic rings. The summed E-state index contributed by atoms with van der Waals surface area (Å²) in [5, 5.41) is 12.2. The number of aryl methyl sites for hydroxylation is 2. The zero-order valence-electron chi connectivity index (χ0n) is 9.88. The van der Waals surface area contributed by atoms with Gasteiger partial charge in [-0.3, -0.25) is 9.36 Å². The van der Waals surface area contributed by atoms with E-state index in [0.717, 1.165) is 17.9 Å². The molecule has 0 atom stereocenters. The fraction of sp³-hybridized carbons (Fsp3) is 0.455. The summed E-state index contributed by atoms with van der Waals surface area (Å²) >= 11 is 0. The molecule has 0 spiro atoms. The topological polar surface area (TPSA) is 47.7 Å². The molecular formula is C11H17N5. The molecule has 0 unspecified atom stereocenters. The van der Waals surface area contributed by atoms with Crippen LogP contribution in [0.5, 0.6) is 0 Å². The highest BCUT2D eigenvalue weighted by molar-refractivity contribution is 5.19. The lowest BCUT2D eigenvalue weighted by molar-refractivity contribution is 0.576. The van der Waals surface area contributed by atoms with Crippen molar-refractivity contribution >= 4 is 0 Å². The van der Waals surface area contributed by atoms with Crippen molar-refractivity contribution < 1.29 is 0 Å². The zero-order valence-corrected chi connectivity index (χ0v) is 9.88. The molecule has 0 aliphatic carbocycles. The number of nitrogens with zero attached hydrogens (tertiary/aromatic N) is 4. The van der Waals surface area contributed by atoms with Crippen molar-refractivity contribution in [1.82, 2.24) is 24.9 Å². The van der Waals surface area contributed by atoms with Gasteiger partial charge >= 0.3 is 0 Å². The zero-order chi connectivity index (χ0) is 11.5. The minimum absolute atomic E-state index is 0.0763. The SMILES string of the molecule is CCNC(c1ccn(C)n1)c1ccn(C)n1. The molecule has 1 N–H and O–H groups in total. The largest absolute Gasteiger partial charge is 0.304 e. The Bertz CT molecular complexity index is 416. The Hall–Kier alpha value is -1.62. The lowest BCUT2D eigenvalue weighted by Crippen LogP contribution is -2.23. The number of hydrogen-bond acceptors (Lipinski definition) is 3. The molecule has 0 saturated heterocycles. The number of aromatic nitrogens is 4. The molecule has 2 rings (SSSR count). The first-order valence-electron chi connectivity index (χ1n) is 5.43. The second-order valence-electron chi connectivity index (χ2n) is 3.82. The minimum atomic E-state index is 0.0763. The van der Waals surface area contributed by atoms with Gasteiger partial charge in [-0.05, 0) is 18.7 Å². The van der Waals surface area contributed by atoms with E-state index in [1.807, 2.05) is 48.0 Å². The first kappa shape index (κ1) is 10.9. The van der Waals surface area contributed by atoms with Crippen LogP contribution in [0.15, 0.2) is 24.5 Å². The van der Waals surface area contributed by atoms with Gasteiger partial charge in [0.2, 0.25) is 0 Å². The van der Waals surface area contributed by atoms with E-state index in [9.17, 15) is 0 Å². The maximum Gasteiger partial charge on any atom is 0.0962 e. The lowest BCUT2D eigenvalue weighted by atomic mass is 10.1. The molecule has 2 heterocycles. The minimum Gasteiger partial charge on any atom is -0.304 e. The van der Waals surface area contributed by atoms with Crippen molar-refractivity contribution in [3.8, 4) is 0 Å². The Kier molecular flexibility index (Phi) is 3.05. The Morgan fingerprint density at radius 1 is 1.12 bits per heavy atom. The molecule has 16 heavy (non-hydrogen) atoms. The van der Waals surface area contributed by atoms with Crippen LogP contribution >= 0.6 is 0 Å². The second kappa shape index (κ2) is 4.49. The van der Waals surface area contributed by atoms with E-state index in [-0.39, 0.29) is 6.04 Å². The van der Waals surface area contributed by atoms with Crippen LogP contribution < -0.4 is 5.32 Å². The third-order valence-electron chi connectivity index (χ3n) is 2.47. The molecule has 0 radical (unpaired) electrons. The molecule has 0 bridgehead atoms. The predicted molar refractivity (Wildman–Crippen MR) is 61.9 cm³/mol. The van der Waals surface area contributed by atoms with Crippen molar-refractivity contribution in [2.24, 2.45) is 14.1 Å². The molecule has 0 aliphatic heterocycles. The smallest absolute Gasteiger partial charge is 0.0962 e. The second-order valence-corrected chi connectivity index (χ2v) is 3.82. The number of hydrogen-bond donors (Lipinski definition) is 1. The van der Waals surface area contributed by atoms with Gasteiger partial charge in [0.25, 0.3) is 0 Å². The van der Waals surface area contributed by atoms with Gasteiger partial charge in [0.1, 0.15) is 0 Å². The van der Waals surface area contributed by atoms with Gasteiger partial charge in [-0.1, -0.05) is 6.92 Å². The van der Waals surface area contributed by atoms with Gasteiger partial charge in [0.15, 0.2) is 0 Å². The third-order valence-corrected chi connectivity index (χ3v) is 2.47. The first-order chi connectivity index (χ1) is 7.70. The molecule has 2 aromatic heterocycles. The van der Waals surface area contributed by atoms with Gasteiger partial charge in [-0.25, -0.2) is 0 Å². The molecule has 0 aliphatic rings. The van der Waals surface area contributed by atoms with Gasteiger partial charge in [-0.15, -0.1) is 0 Å². The Morgan fingerprint density at radius 3 is 1.94 bits per heavy atom. The van der Waals surface area contributed by atoms with Crippen LogP contribution in [0, 0.1) is 0 Å². The van der Waals surface area contributed by atoms with Gasteiger partial charge < -0.3 is 5.32 Å². The van der Waals surface area contributed by atoms with E-state index in [4.69, 9.17) is 0 Å².